The molecule has 0 unspecified atom stereocenters. The molecule has 3 N–H and O–H groups in total. The molecule has 120 valence electrons. The highest BCUT2D eigenvalue weighted by atomic mass is 16.2. The lowest BCUT2D eigenvalue weighted by Crippen LogP contribution is -2.42. The van der Waals surface area contributed by atoms with E-state index in [2.05, 4.69) is 5.32 Å². The maximum absolute atomic E-state index is 12.4. The van der Waals surface area contributed by atoms with E-state index in [1.54, 1.807) is 24.3 Å². The molecule has 2 rings (SSSR count). The van der Waals surface area contributed by atoms with Crippen LogP contribution in [0.2, 0.25) is 0 Å². The van der Waals surface area contributed by atoms with Crippen molar-refractivity contribution in [3.63, 3.8) is 0 Å². The Bertz CT molecular complexity index is 855. The van der Waals surface area contributed by atoms with Crippen LogP contribution >= 0.6 is 0 Å². The second kappa shape index (κ2) is 7.07. The first-order valence-corrected chi connectivity index (χ1v) is 6.94. The number of nitriles is 1. The average Bonchev–Trinajstić information content (AvgIpc) is 2.55. The predicted molar refractivity (Wildman–Crippen MR) is 88.8 cm³/mol. The molecule has 3 amide bonds. The van der Waals surface area contributed by atoms with Crippen LogP contribution in [0.3, 0.4) is 0 Å². The quantitative estimate of drug-likeness (QED) is 0.644. The van der Waals surface area contributed by atoms with E-state index in [9.17, 15) is 14.4 Å². The molecule has 24 heavy (non-hydrogen) atoms. The van der Waals surface area contributed by atoms with Gasteiger partial charge in [-0.05, 0) is 30.3 Å². The lowest BCUT2D eigenvalue weighted by atomic mass is 10.2. The number of carbonyl (C=O) groups excluding carboxylic acids is 3. The van der Waals surface area contributed by atoms with Crippen molar-refractivity contribution in [2.45, 2.75) is 6.92 Å². The standard InChI is InChI=1S/C17H14N4O3/c1-11(22)21(14-7-4-6-13(19)9-14)17(24)16(23)20-15-8-3-2-5-12(15)10-18/h2-9H,19H2,1H3,(H,20,23). The van der Waals surface area contributed by atoms with Crippen LogP contribution < -0.4 is 16.0 Å². The topological polar surface area (TPSA) is 116 Å². The molecule has 2 aromatic rings. The van der Waals surface area contributed by atoms with Crippen LogP contribution in [0.15, 0.2) is 48.5 Å². The largest absolute Gasteiger partial charge is 0.399 e. The minimum Gasteiger partial charge on any atom is -0.399 e. The van der Waals surface area contributed by atoms with Crippen LogP contribution in [0.4, 0.5) is 17.1 Å². The van der Waals surface area contributed by atoms with E-state index in [1.165, 1.54) is 24.3 Å². The summed E-state index contributed by atoms with van der Waals surface area (Å²) < 4.78 is 0. The highest BCUT2D eigenvalue weighted by Gasteiger charge is 2.27. The van der Waals surface area contributed by atoms with Gasteiger partial charge in [-0.15, -0.1) is 0 Å². The Hall–Kier alpha value is -3.66. The maximum atomic E-state index is 12.4. The van der Waals surface area contributed by atoms with Crippen molar-refractivity contribution in [3.05, 3.63) is 54.1 Å². The lowest BCUT2D eigenvalue weighted by Gasteiger charge is -2.19. The Kier molecular flexibility index (Phi) is 4.92. The number of anilines is 3. The summed E-state index contributed by atoms with van der Waals surface area (Å²) in [4.78, 5) is 37.1. The molecule has 0 aliphatic rings. The van der Waals surface area contributed by atoms with Crippen molar-refractivity contribution in [2.24, 2.45) is 0 Å². The van der Waals surface area contributed by atoms with E-state index in [0.29, 0.717) is 5.69 Å². The van der Waals surface area contributed by atoms with Crippen LogP contribution in [0.5, 0.6) is 0 Å². The Morgan fingerprint density at radius 2 is 1.83 bits per heavy atom. The minimum atomic E-state index is -1.07. The monoisotopic (exact) mass is 322 g/mol. The first-order chi connectivity index (χ1) is 11.4. The number of nitrogens with two attached hydrogens (primary N) is 1. The van der Waals surface area contributed by atoms with Crippen molar-refractivity contribution in [1.82, 2.24) is 0 Å². The first-order valence-electron chi connectivity index (χ1n) is 6.94. The molecule has 0 aromatic heterocycles. The number of benzene rings is 2. The summed E-state index contributed by atoms with van der Waals surface area (Å²) in [6.45, 7) is 1.16. The summed E-state index contributed by atoms with van der Waals surface area (Å²) in [5, 5.41) is 11.4. The zero-order chi connectivity index (χ0) is 17.7. The fourth-order valence-electron chi connectivity index (χ4n) is 2.07. The first kappa shape index (κ1) is 16.7. The van der Waals surface area contributed by atoms with Crippen LogP contribution in [0, 0.1) is 11.3 Å². The van der Waals surface area contributed by atoms with Crippen LogP contribution in [0.1, 0.15) is 12.5 Å². The SMILES string of the molecule is CC(=O)N(C(=O)C(=O)Nc1ccccc1C#N)c1cccc(N)c1. The molecule has 0 heterocycles. The molecule has 0 saturated heterocycles. The molecule has 0 aliphatic carbocycles. The molecule has 0 saturated carbocycles. The Labute approximate surface area is 138 Å². The van der Waals surface area contributed by atoms with Gasteiger partial charge in [0.25, 0.3) is 0 Å². The predicted octanol–water partition coefficient (Wildman–Crippen LogP) is 1.66. The van der Waals surface area contributed by atoms with Gasteiger partial charge in [-0.1, -0.05) is 18.2 Å². The van der Waals surface area contributed by atoms with Crippen molar-refractivity contribution in [2.75, 3.05) is 16.0 Å². The van der Waals surface area contributed by atoms with E-state index in [1.807, 2.05) is 6.07 Å². The van der Waals surface area contributed by atoms with E-state index in [-0.39, 0.29) is 16.9 Å². The number of nitrogens with zero attached hydrogens (tertiary/aromatic N) is 2. The summed E-state index contributed by atoms with van der Waals surface area (Å²) in [5.74, 6) is -2.73. The van der Waals surface area contributed by atoms with Gasteiger partial charge in [0.2, 0.25) is 5.91 Å². The number of amides is 3. The van der Waals surface area contributed by atoms with Gasteiger partial charge in [0.05, 0.1) is 16.9 Å². The third-order valence-electron chi connectivity index (χ3n) is 3.14. The fraction of sp³-hybridized carbons (Fsp3) is 0.0588. The molecular weight excluding hydrogens is 308 g/mol. The molecular formula is C17H14N4O3. The number of imide groups is 1. The van der Waals surface area contributed by atoms with Crippen molar-refractivity contribution in [1.29, 1.82) is 5.26 Å². The number of hydrogen-bond donors (Lipinski definition) is 2. The van der Waals surface area contributed by atoms with Gasteiger partial charge in [0, 0.05) is 12.6 Å². The second-order valence-corrected chi connectivity index (χ2v) is 4.87. The van der Waals surface area contributed by atoms with Gasteiger partial charge in [-0.3, -0.25) is 14.4 Å². The minimum absolute atomic E-state index is 0.189. The molecule has 0 fully saturated rings. The molecule has 0 aliphatic heterocycles. The van der Waals surface area contributed by atoms with Crippen molar-refractivity contribution >= 4 is 34.8 Å². The fourth-order valence-corrected chi connectivity index (χ4v) is 2.07. The van der Waals surface area contributed by atoms with Gasteiger partial charge in [-0.2, -0.15) is 5.26 Å². The summed E-state index contributed by atoms with van der Waals surface area (Å²) in [6, 6.07) is 14.2. The molecule has 7 heteroatoms. The summed E-state index contributed by atoms with van der Waals surface area (Å²) in [7, 11) is 0. The van der Waals surface area contributed by atoms with Gasteiger partial charge in [0.1, 0.15) is 6.07 Å². The normalized spacial score (nSPS) is 9.67. The highest BCUT2D eigenvalue weighted by molar-refractivity contribution is 6.48. The zero-order valence-electron chi connectivity index (χ0n) is 12.8. The lowest BCUT2D eigenvalue weighted by molar-refractivity contribution is -0.136. The Balaban J connectivity index is 2.29. The zero-order valence-corrected chi connectivity index (χ0v) is 12.8. The Morgan fingerprint density at radius 1 is 1.12 bits per heavy atom. The number of carbonyl (C=O) groups is 3. The van der Waals surface area contributed by atoms with Gasteiger partial charge in [0.15, 0.2) is 0 Å². The number of nitrogen functional groups attached to an aromatic ring is 1. The number of hydrogen-bond acceptors (Lipinski definition) is 5. The molecule has 0 spiro atoms. The van der Waals surface area contributed by atoms with E-state index in [4.69, 9.17) is 11.0 Å². The van der Waals surface area contributed by atoms with Crippen molar-refractivity contribution in [3.8, 4) is 6.07 Å². The van der Waals surface area contributed by atoms with E-state index >= 15 is 0 Å². The molecule has 0 bridgehead atoms. The van der Waals surface area contributed by atoms with E-state index < -0.39 is 17.7 Å². The van der Waals surface area contributed by atoms with Crippen molar-refractivity contribution < 1.29 is 14.4 Å². The van der Waals surface area contributed by atoms with Gasteiger partial charge < -0.3 is 11.1 Å². The molecule has 0 atom stereocenters. The number of nitrogens with one attached hydrogen (secondary N) is 1. The van der Waals surface area contributed by atoms with Gasteiger partial charge in [-0.25, -0.2) is 4.90 Å². The second-order valence-electron chi connectivity index (χ2n) is 4.87. The van der Waals surface area contributed by atoms with Crippen LogP contribution in [-0.2, 0) is 14.4 Å². The maximum Gasteiger partial charge on any atom is 0.323 e. The van der Waals surface area contributed by atoms with Gasteiger partial charge >= 0.3 is 11.8 Å². The smallest absolute Gasteiger partial charge is 0.323 e. The summed E-state index contributed by atoms with van der Waals surface area (Å²) in [5.41, 5.74) is 6.58. The Morgan fingerprint density at radius 3 is 2.46 bits per heavy atom. The third-order valence-corrected chi connectivity index (χ3v) is 3.14. The summed E-state index contributed by atoms with van der Waals surface area (Å²) >= 11 is 0. The number of rotatable bonds is 2. The van der Waals surface area contributed by atoms with Crippen LogP contribution in [0.25, 0.3) is 0 Å². The third kappa shape index (κ3) is 3.56. The molecule has 0 radical (unpaired) electrons. The van der Waals surface area contributed by atoms with E-state index in [0.717, 1.165) is 11.8 Å². The molecule has 7 nitrogen and oxygen atoms in total. The molecule has 2 aromatic carbocycles. The summed E-state index contributed by atoms with van der Waals surface area (Å²) in [6.07, 6.45) is 0. The average molecular weight is 322 g/mol. The number of para-hydroxylation sites is 1. The van der Waals surface area contributed by atoms with Crippen LogP contribution in [-0.4, -0.2) is 17.7 Å². The highest BCUT2D eigenvalue weighted by Crippen LogP contribution is 2.19.